The fourth-order valence-electron chi connectivity index (χ4n) is 1.46. The Labute approximate surface area is 82.3 Å². The summed E-state index contributed by atoms with van der Waals surface area (Å²) >= 11 is 0. The molecular weight excluding hydrogens is 182 g/mol. The van der Waals surface area contributed by atoms with Crippen molar-refractivity contribution in [2.45, 2.75) is 13.8 Å². The van der Waals surface area contributed by atoms with Crippen LogP contribution in [0.25, 0.3) is 0 Å². The first-order valence-corrected chi connectivity index (χ1v) is 4.16. The summed E-state index contributed by atoms with van der Waals surface area (Å²) in [6.45, 7) is 3.56. The zero-order valence-electron chi connectivity index (χ0n) is 8.42. The molecule has 0 spiro atoms. The van der Waals surface area contributed by atoms with Gasteiger partial charge in [0.15, 0.2) is 0 Å². The molecule has 0 unspecified atom stereocenters. The second-order valence-corrected chi connectivity index (χ2v) is 3.14. The summed E-state index contributed by atoms with van der Waals surface area (Å²) in [5, 5.41) is 8.97. The number of rotatable bonds is 2. The van der Waals surface area contributed by atoms with Gasteiger partial charge >= 0.3 is 5.97 Å². The van der Waals surface area contributed by atoms with E-state index in [1.54, 1.807) is 19.9 Å². The number of carbonyl (C=O) groups is 1. The van der Waals surface area contributed by atoms with E-state index in [1.165, 1.54) is 7.11 Å². The van der Waals surface area contributed by atoms with Gasteiger partial charge in [-0.05, 0) is 25.0 Å². The van der Waals surface area contributed by atoms with Crippen LogP contribution in [0.2, 0.25) is 0 Å². The van der Waals surface area contributed by atoms with Crippen molar-refractivity contribution in [3.05, 3.63) is 22.8 Å². The fraction of sp³-hybridized carbons (Fsp3) is 0.300. The highest BCUT2D eigenvalue weighted by molar-refractivity contribution is 5.98. The average Bonchev–Trinajstić information content (AvgIpc) is 2.10. The normalized spacial score (nSPS) is 9.93. The number of carboxylic acid groups (broad SMARTS) is 1. The highest BCUT2D eigenvalue weighted by Gasteiger charge is 2.18. The molecule has 1 rings (SSSR count). The second kappa shape index (κ2) is 3.57. The number of methoxy groups -OCH3 is 1. The Kier molecular flexibility index (Phi) is 2.65. The number of carboxylic acids is 1. The van der Waals surface area contributed by atoms with Crippen LogP contribution in [0.4, 0.5) is 5.69 Å². The molecule has 0 amide bonds. The fourth-order valence-corrected chi connectivity index (χ4v) is 1.46. The van der Waals surface area contributed by atoms with Gasteiger partial charge in [0, 0.05) is 0 Å². The van der Waals surface area contributed by atoms with E-state index in [0.717, 1.165) is 11.1 Å². The molecule has 0 aromatic heterocycles. The molecule has 0 atom stereocenters. The van der Waals surface area contributed by atoms with Crippen LogP contribution in [-0.4, -0.2) is 18.2 Å². The maximum absolute atomic E-state index is 10.9. The lowest BCUT2D eigenvalue weighted by Crippen LogP contribution is -2.08. The van der Waals surface area contributed by atoms with E-state index in [0.29, 0.717) is 5.75 Å². The number of nitrogen functional groups attached to an aromatic ring is 1. The highest BCUT2D eigenvalue weighted by Crippen LogP contribution is 2.31. The highest BCUT2D eigenvalue weighted by atomic mass is 16.5. The topological polar surface area (TPSA) is 72.5 Å². The third-order valence-electron chi connectivity index (χ3n) is 2.13. The van der Waals surface area contributed by atoms with E-state index in [4.69, 9.17) is 15.6 Å². The zero-order valence-corrected chi connectivity index (χ0v) is 8.42. The smallest absolute Gasteiger partial charge is 0.341 e. The van der Waals surface area contributed by atoms with E-state index >= 15 is 0 Å². The molecule has 3 N–H and O–H groups in total. The predicted octanol–water partition coefficient (Wildman–Crippen LogP) is 1.59. The van der Waals surface area contributed by atoms with Crippen molar-refractivity contribution in [3.63, 3.8) is 0 Å². The lowest BCUT2D eigenvalue weighted by atomic mass is 10.0. The van der Waals surface area contributed by atoms with Crippen molar-refractivity contribution < 1.29 is 14.6 Å². The minimum absolute atomic E-state index is 0.0463. The van der Waals surface area contributed by atoms with Crippen molar-refractivity contribution in [1.29, 1.82) is 0 Å². The summed E-state index contributed by atoms with van der Waals surface area (Å²) in [4.78, 5) is 10.9. The lowest BCUT2D eigenvalue weighted by Gasteiger charge is -2.12. The molecule has 76 valence electrons. The van der Waals surface area contributed by atoms with E-state index in [2.05, 4.69) is 0 Å². The van der Waals surface area contributed by atoms with Crippen LogP contribution < -0.4 is 10.5 Å². The van der Waals surface area contributed by atoms with Crippen molar-refractivity contribution in [2.75, 3.05) is 12.8 Å². The van der Waals surface area contributed by atoms with Crippen molar-refractivity contribution in [1.82, 2.24) is 0 Å². The largest absolute Gasteiger partial charge is 0.495 e. The molecule has 0 fully saturated rings. The van der Waals surface area contributed by atoms with Crippen LogP contribution in [-0.2, 0) is 0 Å². The molecule has 4 heteroatoms. The van der Waals surface area contributed by atoms with Crippen LogP contribution in [0.3, 0.4) is 0 Å². The van der Waals surface area contributed by atoms with E-state index in [9.17, 15) is 4.79 Å². The monoisotopic (exact) mass is 195 g/mol. The van der Waals surface area contributed by atoms with Crippen molar-refractivity contribution in [2.24, 2.45) is 0 Å². The Morgan fingerprint density at radius 2 is 2.00 bits per heavy atom. The summed E-state index contributed by atoms with van der Waals surface area (Å²) in [5.74, 6) is -0.730. The van der Waals surface area contributed by atoms with Gasteiger partial charge in [0.25, 0.3) is 0 Å². The molecule has 0 bridgehead atoms. The van der Waals surface area contributed by atoms with Gasteiger partial charge in [-0.3, -0.25) is 0 Å². The number of aromatic carboxylic acids is 1. The molecule has 0 aliphatic carbocycles. The van der Waals surface area contributed by atoms with Gasteiger partial charge in [0.1, 0.15) is 11.3 Å². The van der Waals surface area contributed by atoms with Crippen LogP contribution >= 0.6 is 0 Å². The zero-order chi connectivity index (χ0) is 10.9. The summed E-state index contributed by atoms with van der Waals surface area (Å²) < 4.78 is 5.01. The SMILES string of the molecule is COc1c(C)cc(C)c(N)c1C(=O)O. The number of aryl methyl sites for hydroxylation is 2. The first kappa shape index (κ1) is 10.4. The number of nitrogens with two attached hydrogens (primary N) is 1. The molecule has 1 aromatic carbocycles. The standard InChI is InChI=1S/C10H13NO3/c1-5-4-6(2)9(14-3)7(8(5)11)10(12)13/h4H,11H2,1-3H3,(H,12,13). The summed E-state index contributed by atoms with van der Waals surface area (Å²) in [6, 6.07) is 1.81. The number of ether oxygens (including phenoxy) is 1. The van der Waals surface area contributed by atoms with Gasteiger partial charge in [0.05, 0.1) is 12.8 Å². The van der Waals surface area contributed by atoms with Crippen LogP contribution in [0.5, 0.6) is 5.75 Å². The predicted molar refractivity (Wildman–Crippen MR) is 53.8 cm³/mol. The molecule has 0 saturated heterocycles. The third kappa shape index (κ3) is 1.51. The molecule has 4 nitrogen and oxygen atoms in total. The molecule has 0 aliphatic heterocycles. The minimum atomic E-state index is -1.06. The third-order valence-corrected chi connectivity index (χ3v) is 2.13. The van der Waals surface area contributed by atoms with Crippen LogP contribution in [0, 0.1) is 13.8 Å². The van der Waals surface area contributed by atoms with Gasteiger partial charge in [-0.25, -0.2) is 4.79 Å². The quantitative estimate of drug-likeness (QED) is 0.703. The van der Waals surface area contributed by atoms with E-state index < -0.39 is 5.97 Å². The molecule has 0 aliphatic rings. The van der Waals surface area contributed by atoms with Crippen LogP contribution in [0.15, 0.2) is 6.07 Å². The van der Waals surface area contributed by atoms with Gasteiger partial charge in [-0.2, -0.15) is 0 Å². The van der Waals surface area contributed by atoms with Crippen molar-refractivity contribution in [3.8, 4) is 5.75 Å². The molecule has 0 heterocycles. The number of anilines is 1. The van der Waals surface area contributed by atoms with E-state index in [-0.39, 0.29) is 11.3 Å². The first-order chi connectivity index (χ1) is 6.49. The average molecular weight is 195 g/mol. The molecule has 0 radical (unpaired) electrons. The minimum Gasteiger partial charge on any atom is -0.495 e. The lowest BCUT2D eigenvalue weighted by molar-refractivity contribution is 0.0694. The number of hydrogen-bond acceptors (Lipinski definition) is 3. The molecule has 1 aromatic rings. The molecule has 0 saturated carbocycles. The summed E-state index contributed by atoms with van der Waals surface area (Å²) in [6.07, 6.45) is 0. The Bertz CT molecular complexity index is 385. The maximum Gasteiger partial charge on any atom is 0.341 e. The number of benzene rings is 1. The number of hydrogen-bond donors (Lipinski definition) is 2. The first-order valence-electron chi connectivity index (χ1n) is 4.16. The Hall–Kier alpha value is -1.71. The molecular formula is C10H13NO3. The van der Waals surface area contributed by atoms with Gasteiger partial charge in [0.2, 0.25) is 0 Å². The summed E-state index contributed by atoms with van der Waals surface area (Å²) in [5.41, 5.74) is 7.50. The summed E-state index contributed by atoms with van der Waals surface area (Å²) in [7, 11) is 1.43. The van der Waals surface area contributed by atoms with Gasteiger partial charge < -0.3 is 15.6 Å². The molecule has 14 heavy (non-hydrogen) atoms. The second-order valence-electron chi connectivity index (χ2n) is 3.14. The Morgan fingerprint density at radius 1 is 1.43 bits per heavy atom. The van der Waals surface area contributed by atoms with E-state index in [1.807, 2.05) is 0 Å². The Morgan fingerprint density at radius 3 is 2.43 bits per heavy atom. The Balaban J connectivity index is 3.56. The van der Waals surface area contributed by atoms with Crippen molar-refractivity contribution >= 4 is 11.7 Å². The van der Waals surface area contributed by atoms with Crippen LogP contribution in [0.1, 0.15) is 21.5 Å². The van der Waals surface area contributed by atoms with Gasteiger partial charge in [-0.1, -0.05) is 6.07 Å². The maximum atomic E-state index is 10.9. The van der Waals surface area contributed by atoms with Gasteiger partial charge in [-0.15, -0.1) is 0 Å².